The molecular weight excluding hydrogens is 368 g/mol. The molecule has 0 bridgehead atoms. The van der Waals surface area contributed by atoms with Gasteiger partial charge in [0.1, 0.15) is 0 Å². The van der Waals surface area contributed by atoms with Gasteiger partial charge in [-0.15, -0.1) is 0 Å². The quantitative estimate of drug-likeness (QED) is 0.708. The van der Waals surface area contributed by atoms with E-state index in [0.717, 1.165) is 0 Å². The first-order valence-corrected chi connectivity index (χ1v) is 9.87. The maximum atomic E-state index is 12.3. The highest BCUT2D eigenvalue weighted by atomic mass is 32.2. The van der Waals surface area contributed by atoms with Gasteiger partial charge in [-0.05, 0) is 61.9 Å². The summed E-state index contributed by atoms with van der Waals surface area (Å²) >= 11 is 0. The van der Waals surface area contributed by atoms with Crippen LogP contribution in [-0.2, 0) is 14.8 Å². The number of hydrogen-bond acceptors (Lipinski definition) is 5. The van der Waals surface area contributed by atoms with Crippen molar-refractivity contribution in [1.82, 2.24) is 4.72 Å². The van der Waals surface area contributed by atoms with Gasteiger partial charge < -0.3 is 10.1 Å². The highest BCUT2D eigenvalue weighted by Crippen LogP contribution is 2.16. The molecule has 0 spiro atoms. The Hall–Kier alpha value is -2.71. The molecule has 144 valence electrons. The Morgan fingerprint density at radius 3 is 2.07 bits per heavy atom. The molecule has 0 aliphatic heterocycles. The van der Waals surface area contributed by atoms with Crippen molar-refractivity contribution in [2.24, 2.45) is 0 Å². The summed E-state index contributed by atoms with van der Waals surface area (Å²) in [4.78, 5) is 23.8. The Kier molecular flexibility index (Phi) is 6.70. The van der Waals surface area contributed by atoms with Crippen molar-refractivity contribution in [2.75, 3.05) is 12.4 Å². The van der Waals surface area contributed by atoms with Gasteiger partial charge in [-0.1, -0.05) is 6.92 Å². The number of carbonyl (C=O) groups excluding carboxylic acids is 2. The van der Waals surface area contributed by atoms with Gasteiger partial charge in [-0.3, -0.25) is 4.79 Å². The fourth-order valence-electron chi connectivity index (χ4n) is 2.21. The van der Waals surface area contributed by atoms with E-state index in [1.807, 2.05) is 6.92 Å². The van der Waals surface area contributed by atoms with E-state index in [-0.39, 0.29) is 16.8 Å². The van der Waals surface area contributed by atoms with Crippen molar-refractivity contribution < 1.29 is 22.7 Å². The molecule has 0 aliphatic rings. The van der Waals surface area contributed by atoms with Crippen molar-refractivity contribution in [3.8, 4) is 0 Å². The number of sulfonamides is 1. The van der Waals surface area contributed by atoms with E-state index < -0.39 is 16.0 Å². The summed E-state index contributed by atoms with van der Waals surface area (Å²) < 4.78 is 31.6. The third kappa shape index (κ3) is 5.38. The molecule has 0 heterocycles. The summed E-state index contributed by atoms with van der Waals surface area (Å²) in [5, 5.41) is 2.68. The molecule has 2 aromatic rings. The number of carbonyl (C=O) groups is 2. The maximum absolute atomic E-state index is 12.3. The molecule has 7 nitrogen and oxygen atoms in total. The van der Waals surface area contributed by atoms with Crippen LogP contribution in [0.5, 0.6) is 0 Å². The molecule has 27 heavy (non-hydrogen) atoms. The first kappa shape index (κ1) is 20.6. The Morgan fingerprint density at radius 2 is 1.56 bits per heavy atom. The van der Waals surface area contributed by atoms with Gasteiger partial charge in [0.25, 0.3) is 5.91 Å². The smallest absolute Gasteiger partial charge is 0.337 e. The Balaban J connectivity index is 2.07. The van der Waals surface area contributed by atoms with E-state index in [9.17, 15) is 18.0 Å². The lowest BCUT2D eigenvalue weighted by molar-refractivity contribution is 0.0600. The zero-order valence-corrected chi connectivity index (χ0v) is 16.2. The largest absolute Gasteiger partial charge is 0.465 e. The summed E-state index contributed by atoms with van der Waals surface area (Å²) in [5.74, 6) is -0.857. The third-order valence-corrected chi connectivity index (χ3v) is 5.56. The second kappa shape index (κ2) is 8.79. The molecule has 0 saturated carbocycles. The molecule has 0 radical (unpaired) electrons. The Bertz CT molecular complexity index is 906. The summed E-state index contributed by atoms with van der Waals surface area (Å²) in [7, 11) is -2.31. The van der Waals surface area contributed by atoms with Crippen LogP contribution in [0.25, 0.3) is 0 Å². The van der Waals surface area contributed by atoms with Gasteiger partial charge in [-0.25, -0.2) is 17.9 Å². The van der Waals surface area contributed by atoms with Crippen molar-refractivity contribution >= 4 is 27.6 Å². The second-order valence-corrected chi connectivity index (χ2v) is 7.69. The summed E-state index contributed by atoms with van der Waals surface area (Å²) in [6, 6.07) is 11.8. The molecule has 1 amide bonds. The topological polar surface area (TPSA) is 102 Å². The van der Waals surface area contributed by atoms with Crippen LogP contribution in [0.2, 0.25) is 0 Å². The predicted octanol–water partition coefficient (Wildman–Crippen LogP) is 2.80. The number of amides is 1. The fraction of sp³-hybridized carbons (Fsp3) is 0.263. The second-order valence-electron chi connectivity index (χ2n) is 5.98. The van der Waals surface area contributed by atoms with Gasteiger partial charge in [0.2, 0.25) is 10.0 Å². The average Bonchev–Trinajstić information content (AvgIpc) is 2.67. The SMILES string of the molecule is CCC(C)NS(=O)(=O)c1ccc(NC(=O)c2ccc(C(=O)OC)cc2)cc1. The number of benzene rings is 2. The van der Waals surface area contributed by atoms with Crippen LogP contribution in [0.4, 0.5) is 5.69 Å². The molecule has 0 fully saturated rings. The monoisotopic (exact) mass is 390 g/mol. The maximum Gasteiger partial charge on any atom is 0.337 e. The minimum atomic E-state index is -3.59. The molecule has 2 N–H and O–H groups in total. The molecule has 2 aromatic carbocycles. The summed E-state index contributed by atoms with van der Waals surface area (Å²) in [6.07, 6.45) is 0.683. The van der Waals surface area contributed by atoms with Crippen LogP contribution in [0.1, 0.15) is 41.0 Å². The molecule has 0 saturated heterocycles. The van der Waals surface area contributed by atoms with Gasteiger partial charge >= 0.3 is 5.97 Å². The van der Waals surface area contributed by atoms with Gasteiger partial charge in [0.15, 0.2) is 0 Å². The lowest BCUT2D eigenvalue weighted by atomic mass is 10.1. The number of nitrogens with one attached hydrogen (secondary N) is 2. The first-order chi connectivity index (χ1) is 12.8. The van der Waals surface area contributed by atoms with Crippen LogP contribution in [0, 0.1) is 0 Å². The molecule has 1 unspecified atom stereocenters. The Morgan fingerprint density at radius 1 is 1.00 bits per heavy atom. The van der Waals surface area contributed by atoms with E-state index in [4.69, 9.17) is 0 Å². The lowest BCUT2D eigenvalue weighted by Crippen LogP contribution is -2.31. The Labute approximate surface area is 158 Å². The molecule has 8 heteroatoms. The van der Waals surface area contributed by atoms with Gasteiger partial charge in [0.05, 0.1) is 17.6 Å². The summed E-state index contributed by atoms with van der Waals surface area (Å²) in [6.45, 7) is 3.68. The highest BCUT2D eigenvalue weighted by molar-refractivity contribution is 7.89. The number of ether oxygens (including phenoxy) is 1. The lowest BCUT2D eigenvalue weighted by Gasteiger charge is -2.12. The van der Waals surface area contributed by atoms with Crippen LogP contribution in [-0.4, -0.2) is 33.4 Å². The van der Waals surface area contributed by atoms with Crippen molar-refractivity contribution in [2.45, 2.75) is 31.2 Å². The van der Waals surface area contributed by atoms with E-state index in [1.54, 1.807) is 6.92 Å². The van der Waals surface area contributed by atoms with Crippen molar-refractivity contribution in [3.63, 3.8) is 0 Å². The number of rotatable bonds is 7. The third-order valence-electron chi connectivity index (χ3n) is 3.96. The van der Waals surface area contributed by atoms with Gasteiger partial charge in [0, 0.05) is 17.3 Å². The van der Waals surface area contributed by atoms with Crippen LogP contribution >= 0.6 is 0 Å². The van der Waals surface area contributed by atoms with E-state index in [1.165, 1.54) is 55.6 Å². The molecule has 0 aliphatic carbocycles. The summed E-state index contributed by atoms with van der Waals surface area (Å²) in [5.41, 5.74) is 1.16. The molecular formula is C19H22N2O5S. The van der Waals surface area contributed by atoms with E-state index in [0.29, 0.717) is 23.2 Å². The van der Waals surface area contributed by atoms with E-state index >= 15 is 0 Å². The molecule has 2 rings (SSSR count). The minimum absolute atomic E-state index is 0.128. The predicted molar refractivity (Wildman–Crippen MR) is 102 cm³/mol. The zero-order valence-electron chi connectivity index (χ0n) is 15.4. The first-order valence-electron chi connectivity index (χ1n) is 8.39. The molecule has 1 atom stereocenters. The van der Waals surface area contributed by atoms with Crippen molar-refractivity contribution in [1.29, 1.82) is 0 Å². The zero-order chi connectivity index (χ0) is 20.0. The fourth-order valence-corrected chi connectivity index (χ4v) is 3.54. The van der Waals surface area contributed by atoms with Crippen LogP contribution < -0.4 is 10.0 Å². The number of esters is 1. The normalized spacial score (nSPS) is 12.3. The van der Waals surface area contributed by atoms with Crippen LogP contribution in [0.3, 0.4) is 0 Å². The number of methoxy groups -OCH3 is 1. The van der Waals surface area contributed by atoms with E-state index in [2.05, 4.69) is 14.8 Å². The van der Waals surface area contributed by atoms with Gasteiger partial charge in [-0.2, -0.15) is 0 Å². The standard InChI is InChI=1S/C19H22N2O5S/c1-4-13(2)21-27(24,25)17-11-9-16(10-12-17)20-18(22)14-5-7-15(8-6-14)19(23)26-3/h5-13,21H,4H2,1-3H3,(H,20,22). The average molecular weight is 390 g/mol. The number of hydrogen-bond donors (Lipinski definition) is 2. The highest BCUT2D eigenvalue weighted by Gasteiger charge is 2.16. The van der Waals surface area contributed by atoms with Crippen molar-refractivity contribution in [3.05, 3.63) is 59.7 Å². The number of anilines is 1. The molecule has 0 aromatic heterocycles. The van der Waals surface area contributed by atoms with Crippen LogP contribution in [0.15, 0.2) is 53.4 Å². The minimum Gasteiger partial charge on any atom is -0.465 e.